The quantitative estimate of drug-likeness (QED) is 0.571. The lowest BCUT2D eigenvalue weighted by molar-refractivity contribution is 0.102. The third-order valence-corrected chi connectivity index (χ3v) is 4.84. The minimum absolute atomic E-state index is 0.241. The summed E-state index contributed by atoms with van der Waals surface area (Å²) in [5.74, 6) is 1.30. The van der Waals surface area contributed by atoms with E-state index in [1.165, 1.54) is 11.3 Å². The van der Waals surface area contributed by atoms with Gasteiger partial charge in [0.25, 0.3) is 11.9 Å². The third-order valence-electron chi connectivity index (χ3n) is 4.02. The number of ether oxygens (including phenoxy) is 2. The summed E-state index contributed by atoms with van der Waals surface area (Å²) in [4.78, 5) is 17.5. The first-order chi connectivity index (χ1) is 13.2. The van der Waals surface area contributed by atoms with Gasteiger partial charge < -0.3 is 9.47 Å². The maximum absolute atomic E-state index is 12.5. The molecular weight excluding hydrogens is 364 g/mol. The molecule has 0 aliphatic heterocycles. The Morgan fingerprint density at radius 2 is 1.96 bits per heavy atom. The number of benzene rings is 2. The predicted molar refractivity (Wildman–Crippen MR) is 104 cm³/mol. The van der Waals surface area contributed by atoms with E-state index in [0.717, 1.165) is 17.0 Å². The lowest BCUT2D eigenvalue weighted by Gasteiger charge is -2.06. The van der Waals surface area contributed by atoms with Gasteiger partial charge in [-0.25, -0.2) is 4.52 Å². The molecule has 4 rings (SSSR count). The molecule has 2 aromatic carbocycles. The van der Waals surface area contributed by atoms with Crippen LogP contribution in [-0.2, 0) is 0 Å². The summed E-state index contributed by atoms with van der Waals surface area (Å²) in [6.07, 6.45) is 0. The summed E-state index contributed by atoms with van der Waals surface area (Å²) in [6.45, 7) is 0. The number of anilines is 1. The Morgan fingerprint density at radius 1 is 1.11 bits per heavy atom. The summed E-state index contributed by atoms with van der Waals surface area (Å²) in [5.41, 5.74) is 2.22. The molecule has 0 atom stereocenters. The zero-order valence-electron chi connectivity index (χ0n) is 14.7. The van der Waals surface area contributed by atoms with E-state index in [-0.39, 0.29) is 11.9 Å². The van der Waals surface area contributed by atoms with Crippen LogP contribution in [0, 0.1) is 0 Å². The number of aromatic nitrogens is 3. The molecule has 2 heterocycles. The first-order valence-electron chi connectivity index (χ1n) is 8.12. The van der Waals surface area contributed by atoms with E-state index in [4.69, 9.17) is 9.47 Å². The van der Waals surface area contributed by atoms with E-state index >= 15 is 0 Å². The second kappa shape index (κ2) is 7.08. The normalized spacial score (nSPS) is 10.7. The largest absolute Gasteiger partial charge is 0.497 e. The van der Waals surface area contributed by atoms with Gasteiger partial charge in [0.05, 0.1) is 19.9 Å². The molecule has 0 aliphatic rings. The van der Waals surface area contributed by atoms with E-state index in [2.05, 4.69) is 15.4 Å². The SMILES string of the molecule is COc1cccc(C(=O)Nc2nc3scc(-c4ccccc4OC)n3n2)c1. The number of methoxy groups -OCH3 is 2. The minimum atomic E-state index is -0.300. The molecular formula is C19H16N4O3S. The summed E-state index contributed by atoms with van der Waals surface area (Å²) in [7, 11) is 3.19. The Balaban J connectivity index is 1.65. The number of para-hydroxylation sites is 1. The molecule has 0 bridgehead atoms. The van der Waals surface area contributed by atoms with Crippen LogP contribution in [0.15, 0.2) is 53.9 Å². The van der Waals surface area contributed by atoms with E-state index in [1.807, 2.05) is 29.6 Å². The maximum atomic E-state index is 12.5. The summed E-state index contributed by atoms with van der Waals surface area (Å²) in [5, 5.41) is 9.12. The molecule has 0 radical (unpaired) electrons. The highest BCUT2D eigenvalue weighted by Gasteiger charge is 2.16. The van der Waals surface area contributed by atoms with Crippen LogP contribution in [0.3, 0.4) is 0 Å². The second-order valence-corrected chi connectivity index (χ2v) is 6.47. The first-order valence-corrected chi connectivity index (χ1v) is 9.00. The van der Waals surface area contributed by atoms with Gasteiger partial charge in [0.15, 0.2) is 0 Å². The monoisotopic (exact) mass is 380 g/mol. The Morgan fingerprint density at radius 3 is 2.78 bits per heavy atom. The Labute approximate surface area is 159 Å². The van der Waals surface area contributed by atoms with Gasteiger partial charge in [-0.15, -0.1) is 16.4 Å². The molecule has 0 unspecified atom stereocenters. The van der Waals surface area contributed by atoms with Crippen molar-refractivity contribution in [3.05, 3.63) is 59.5 Å². The highest BCUT2D eigenvalue weighted by Crippen LogP contribution is 2.32. The molecule has 0 saturated carbocycles. The van der Waals surface area contributed by atoms with Crippen molar-refractivity contribution in [1.82, 2.24) is 14.6 Å². The van der Waals surface area contributed by atoms with Gasteiger partial charge in [-0.1, -0.05) is 18.2 Å². The standard InChI is InChI=1S/C19H16N4O3S/c1-25-13-7-5-6-12(10-13)17(24)20-18-21-19-23(22-18)15(11-27-19)14-8-3-4-9-16(14)26-2/h3-11H,1-2H3,(H,20,22,24). The van der Waals surface area contributed by atoms with Crippen molar-refractivity contribution in [3.8, 4) is 22.8 Å². The van der Waals surface area contributed by atoms with Crippen LogP contribution in [0.4, 0.5) is 5.95 Å². The summed E-state index contributed by atoms with van der Waals surface area (Å²) >= 11 is 1.44. The van der Waals surface area contributed by atoms with Gasteiger partial charge >= 0.3 is 0 Å². The van der Waals surface area contributed by atoms with Crippen molar-refractivity contribution in [2.24, 2.45) is 0 Å². The van der Waals surface area contributed by atoms with Crippen molar-refractivity contribution in [1.29, 1.82) is 0 Å². The first kappa shape index (κ1) is 17.0. The molecule has 2 aromatic heterocycles. The van der Waals surface area contributed by atoms with Crippen LogP contribution in [0.2, 0.25) is 0 Å². The number of carbonyl (C=O) groups excluding carboxylic acids is 1. The van der Waals surface area contributed by atoms with Gasteiger partial charge in [0, 0.05) is 16.5 Å². The fourth-order valence-corrected chi connectivity index (χ4v) is 3.54. The highest BCUT2D eigenvalue weighted by atomic mass is 32.1. The average molecular weight is 380 g/mol. The number of thiazole rings is 1. The van der Waals surface area contributed by atoms with Crippen LogP contribution < -0.4 is 14.8 Å². The van der Waals surface area contributed by atoms with Crippen molar-refractivity contribution in [2.75, 3.05) is 19.5 Å². The van der Waals surface area contributed by atoms with Gasteiger partial charge in [0.2, 0.25) is 4.96 Å². The van der Waals surface area contributed by atoms with Crippen molar-refractivity contribution in [2.45, 2.75) is 0 Å². The zero-order valence-corrected chi connectivity index (χ0v) is 15.5. The Bertz CT molecular complexity index is 1120. The van der Waals surface area contributed by atoms with E-state index in [0.29, 0.717) is 16.3 Å². The van der Waals surface area contributed by atoms with Gasteiger partial charge in [-0.3, -0.25) is 10.1 Å². The number of amides is 1. The molecule has 1 amide bonds. The Hall–Kier alpha value is -3.39. The predicted octanol–water partition coefficient (Wildman–Crippen LogP) is 3.73. The van der Waals surface area contributed by atoms with E-state index in [1.54, 1.807) is 43.0 Å². The smallest absolute Gasteiger partial charge is 0.258 e. The number of carbonyl (C=O) groups is 1. The van der Waals surface area contributed by atoms with Crippen LogP contribution in [-0.4, -0.2) is 34.7 Å². The molecule has 1 N–H and O–H groups in total. The van der Waals surface area contributed by atoms with E-state index < -0.39 is 0 Å². The van der Waals surface area contributed by atoms with Crippen LogP contribution in [0.25, 0.3) is 16.2 Å². The lowest BCUT2D eigenvalue weighted by atomic mass is 10.1. The van der Waals surface area contributed by atoms with Gasteiger partial charge in [-0.2, -0.15) is 4.98 Å². The zero-order chi connectivity index (χ0) is 18.8. The molecule has 0 spiro atoms. The van der Waals surface area contributed by atoms with Gasteiger partial charge in [0.1, 0.15) is 11.5 Å². The molecule has 0 fully saturated rings. The number of fused-ring (bicyclic) bond motifs is 1. The molecule has 27 heavy (non-hydrogen) atoms. The number of nitrogens with one attached hydrogen (secondary N) is 1. The summed E-state index contributed by atoms with van der Waals surface area (Å²) < 4.78 is 12.3. The van der Waals surface area contributed by atoms with Crippen molar-refractivity contribution in [3.63, 3.8) is 0 Å². The fourth-order valence-electron chi connectivity index (χ4n) is 2.71. The number of rotatable bonds is 5. The van der Waals surface area contributed by atoms with Crippen LogP contribution in [0.1, 0.15) is 10.4 Å². The van der Waals surface area contributed by atoms with Crippen molar-refractivity contribution < 1.29 is 14.3 Å². The fraction of sp³-hybridized carbons (Fsp3) is 0.105. The van der Waals surface area contributed by atoms with Crippen LogP contribution in [0.5, 0.6) is 11.5 Å². The number of nitrogens with zero attached hydrogens (tertiary/aromatic N) is 3. The summed E-state index contributed by atoms with van der Waals surface area (Å²) in [6, 6.07) is 14.6. The Kier molecular flexibility index (Phi) is 4.47. The second-order valence-electron chi connectivity index (χ2n) is 5.64. The lowest BCUT2D eigenvalue weighted by Crippen LogP contribution is -2.13. The van der Waals surface area contributed by atoms with Gasteiger partial charge in [-0.05, 0) is 30.3 Å². The van der Waals surface area contributed by atoms with Crippen LogP contribution >= 0.6 is 11.3 Å². The molecule has 0 saturated heterocycles. The topological polar surface area (TPSA) is 77.8 Å². The molecule has 8 heteroatoms. The molecule has 0 aliphatic carbocycles. The molecule has 7 nitrogen and oxygen atoms in total. The maximum Gasteiger partial charge on any atom is 0.258 e. The third kappa shape index (κ3) is 3.22. The minimum Gasteiger partial charge on any atom is -0.497 e. The molecule has 4 aromatic rings. The highest BCUT2D eigenvalue weighted by molar-refractivity contribution is 7.15. The van der Waals surface area contributed by atoms with E-state index in [9.17, 15) is 4.79 Å². The number of hydrogen-bond donors (Lipinski definition) is 1. The van der Waals surface area contributed by atoms with Crippen molar-refractivity contribution >= 4 is 28.2 Å². The molecule has 136 valence electrons. The number of hydrogen-bond acceptors (Lipinski definition) is 6. The average Bonchev–Trinajstić information content (AvgIpc) is 3.28.